The second kappa shape index (κ2) is 7.06. The third kappa shape index (κ3) is 4.74. The minimum absolute atomic E-state index is 0.0472. The Morgan fingerprint density at radius 3 is 2.44 bits per heavy atom. The molecule has 2 rings (SSSR count). The number of hydrogen-bond donors (Lipinski definition) is 2. The summed E-state index contributed by atoms with van der Waals surface area (Å²) in [5.74, 6) is -0.0472. The molecule has 2 aromatic carbocycles. The van der Waals surface area contributed by atoms with Crippen molar-refractivity contribution in [2.75, 3.05) is 0 Å². The number of nitrogens with zero attached hydrogens (tertiary/aromatic N) is 1. The van der Waals surface area contributed by atoms with Crippen LogP contribution in [0.2, 0.25) is 5.02 Å². The monoisotopic (exact) mass is 380 g/mol. The number of aryl methyl sites for hydroxylation is 1. The van der Waals surface area contributed by atoms with E-state index in [1.165, 1.54) is 18.3 Å². The Balaban J connectivity index is 2.27. The Labute approximate surface area is 153 Å². The molecular formula is C18H21ClN2O3S. The van der Waals surface area contributed by atoms with E-state index in [0.717, 1.165) is 5.56 Å². The zero-order valence-corrected chi connectivity index (χ0v) is 16.1. The summed E-state index contributed by atoms with van der Waals surface area (Å²) in [6.45, 7) is 7.81. The zero-order chi connectivity index (χ0) is 18.8. The van der Waals surface area contributed by atoms with Crippen LogP contribution in [-0.2, 0) is 15.4 Å². The lowest BCUT2D eigenvalue weighted by atomic mass is 9.87. The van der Waals surface area contributed by atoms with Gasteiger partial charge < -0.3 is 5.11 Å². The van der Waals surface area contributed by atoms with Gasteiger partial charge in [0.05, 0.1) is 16.1 Å². The van der Waals surface area contributed by atoms with Crippen LogP contribution in [0, 0.1) is 6.92 Å². The maximum Gasteiger partial charge on any atom is 0.276 e. The van der Waals surface area contributed by atoms with Gasteiger partial charge in [0, 0.05) is 0 Å². The first-order valence-corrected chi connectivity index (χ1v) is 9.51. The Morgan fingerprint density at radius 2 is 1.84 bits per heavy atom. The van der Waals surface area contributed by atoms with Gasteiger partial charge in [0.1, 0.15) is 5.75 Å². The molecule has 0 atom stereocenters. The van der Waals surface area contributed by atoms with E-state index in [4.69, 9.17) is 11.6 Å². The van der Waals surface area contributed by atoms with Gasteiger partial charge >= 0.3 is 0 Å². The van der Waals surface area contributed by atoms with Gasteiger partial charge in [-0.3, -0.25) is 0 Å². The number of benzene rings is 2. The Morgan fingerprint density at radius 1 is 1.16 bits per heavy atom. The fraction of sp³-hybridized carbons (Fsp3) is 0.278. The van der Waals surface area contributed by atoms with E-state index in [9.17, 15) is 13.5 Å². The number of nitrogens with one attached hydrogen (secondary N) is 1. The van der Waals surface area contributed by atoms with E-state index >= 15 is 0 Å². The predicted octanol–water partition coefficient (Wildman–Crippen LogP) is 3.96. The summed E-state index contributed by atoms with van der Waals surface area (Å²) in [4.78, 5) is 2.41. The van der Waals surface area contributed by atoms with Crippen LogP contribution in [0.3, 0.4) is 0 Å². The fourth-order valence-electron chi connectivity index (χ4n) is 2.18. The maximum absolute atomic E-state index is 12.6. The normalized spacial score (nSPS) is 12.5. The molecule has 0 saturated carbocycles. The van der Waals surface area contributed by atoms with Crippen molar-refractivity contribution in [2.45, 2.75) is 38.0 Å². The molecule has 0 amide bonds. The summed E-state index contributed by atoms with van der Waals surface area (Å²) >= 11 is 5.81. The highest BCUT2D eigenvalue weighted by atomic mass is 35.5. The van der Waals surface area contributed by atoms with Crippen LogP contribution in [0.5, 0.6) is 5.75 Å². The SMILES string of the molecule is Cc1ccc(C(C)(C)C)cc1S(=O)(=O)N/N=C/c1ccc(O)c(Cl)c1. The summed E-state index contributed by atoms with van der Waals surface area (Å²) in [7, 11) is -3.79. The molecule has 2 N–H and O–H groups in total. The standard InChI is InChI=1S/C18H21ClN2O3S/c1-12-5-7-14(18(2,3)4)10-17(12)25(23,24)21-20-11-13-6-8-16(22)15(19)9-13/h5-11,21-22H,1-4H3/b20-11+. The average molecular weight is 381 g/mol. The minimum Gasteiger partial charge on any atom is -0.506 e. The van der Waals surface area contributed by atoms with Crippen molar-refractivity contribution >= 4 is 27.8 Å². The molecule has 0 aliphatic rings. The number of rotatable bonds is 4. The molecule has 0 heterocycles. The van der Waals surface area contributed by atoms with Gasteiger partial charge in [0.15, 0.2) is 0 Å². The zero-order valence-electron chi connectivity index (χ0n) is 14.5. The largest absolute Gasteiger partial charge is 0.506 e. The number of sulfonamides is 1. The Hall–Kier alpha value is -2.05. The molecule has 0 aliphatic carbocycles. The van der Waals surface area contributed by atoms with E-state index < -0.39 is 10.0 Å². The maximum atomic E-state index is 12.6. The molecule has 0 aliphatic heterocycles. The molecule has 0 aromatic heterocycles. The van der Waals surface area contributed by atoms with Crippen LogP contribution in [0.25, 0.3) is 0 Å². The van der Waals surface area contributed by atoms with Crippen molar-refractivity contribution in [3.8, 4) is 5.75 Å². The number of halogens is 1. The summed E-state index contributed by atoms with van der Waals surface area (Å²) in [5, 5.41) is 13.3. The van der Waals surface area contributed by atoms with E-state index in [1.807, 2.05) is 26.8 Å². The molecule has 0 unspecified atom stereocenters. The molecule has 0 saturated heterocycles. The van der Waals surface area contributed by atoms with E-state index in [2.05, 4.69) is 9.93 Å². The van der Waals surface area contributed by atoms with Gasteiger partial charge in [-0.15, -0.1) is 0 Å². The van der Waals surface area contributed by atoms with Gasteiger partial charge in [0.2, 0.25) is 0 Å². The Bertz CT molecular complexity index is 916. The highest BCUT2D eigenvalue weighted by Crippen LogP contribution is 2.26. The molecule has 0 spiro atoms. The van der Waals surface area contributed by atoms with Gasteiger partial charge in [-0.05, 0) is 53.3 Å². The third-order valence-corrected chi connectivity index (χ3v) is 5.37. The smallest absolute Gasteiger partial charge is 0.276 e. The average Bonchev–Trinajstić information content (AvgIpc) is 2.49. The van der Waals surface area contributed by atoms with Gasteiger partial charge in [0.25, 0.3) is 10.0 Å². The minimum atomic E-state index is -3.79. The number of aromatic hydroxyl groups is 1. The molecular weight excluding hydrogens is 360 g/mol. The van der Waals surface area contributed by atoms with Crippen molar-refractivity contribution in [1.29, 1.82) is 0 Å². The van der Waals surface area contributed by atoms with Gasteiger partial charge in [-0.25, -0.2) is 4.83 Å². The van der Waals surface area contributed by atoms with Crippen molar-refractivity contribution in [2.24, 2.45) is 5.10 Å². The molecule has 0 radical (unpaired) electrons. The number of phenols is 1. The molecule has 5 nitrogen and oxygen atoms in total. The van der Waals surface area contributed by atoms with Gasteiger partial charge in [-0.2, -0.15) is 13.5 Å². The molecule has 0 fully saturated rings. The topological polar surface area (TPSA) is 78.8 Å². The van der Waals surface area contributed by atoms with Crippen LogP contribution in [0.4, 0.5) is 0 Å². The fourth-order valence-corrected chi connectivity index (χ4v) is 3.43. The molecule has 2 aromatic rings. The van der Waals surface area contributed by atoms with Crippen molar-refractivity contribution < 1.29 is 13.5 Å². The summed E-state index contributed by atoms with van der Waals surface area (Å²) in [6.07, 6.45) is 1.33. The van der Waals surface area contributed by atoms with Crippen molar-refractivity contribution in [3.05, 3.63) is 58.1 Å². The van der Waals surface area contributed by atoms with Crippen LogP contribution in [0.1, 0.15) is 37.5 Å². The van der Waals surface area contributed by atoms with E-state index in [1.54, 1.807) is 25.1 Å². The third-order valence-electron chi connectivity index (χ3n) is 3.70. The lowest BCUT2D eigenvalue weighted by Gasteiger charge is -2.20. The quantitative estimate of drug-likeness (QED) is 0.622. The molecule has 25 heavy (non-hydrogen) atoms. The Kier molecular flexibility index (Phi) is 5.44. The number of hydrazone groups is 1. The summed E-state index contributed by atoms with van der Waals surface area (Å²) in [6, 6.07) is 9.86. The lowest BCUT2D eigenvalue weighted by Crippen LogP contribution is -2.21. The lowest BCUT2D eigenvalue weighted by molar-refractivity contribution is 0.475. The van der Waals surface area contributed by atoms with Crippen molar-refractivity contribution in [3.63, 3.8) is 0 Å². The van der Waals surface area contributed by atoms with Crippen molar-refractivity contribution in [1.82, 2.24) is 4.83 Å². The van der Waals surface area contributed by atoms with Crippen LogP contribution < -0.4 is 4.83 Å². The second-order valence-corrected chi connectivity index (χ2v) is 8.83. The molecule has 0 bridgehead atoms. The number of phenolic OH excluding ortho intramolecular Hbond substituents is 1. The summed E-state index contributed by atoms with van der Waals surface area (Å²) in [5.41, 5.74) is 1.96. The predicted molar refractivity (Wildman–Crippen MR) is 101 cm³/mol. The first kappa shape index (κ1) is 19.3. The van der Waals surface area contributed by atoms with Crippen LogP contribution >= 0.6 is 11.6 Å². The first-order chi connectivity index (χ1) is 11.5. The highest BCUT2D eigenvalue weighted by molar-refractivity contribution is 7.89. The molecule has 134 valence electrons. The van der Waals surface area contributed by atoms with E-state index in [-0.39, 0.29) is 21.1 Å². The molecule has 7 heteroatoms. The number of hydrogen-bond acceptors (Lipinski definition) is 4. The summed E-state index contributed by atoms with van der Waals surface area (Å²) < 4.78 is 25.1. The second-order valence-electron chi connectivity index (χ2n) is 6.79. The van der Waals surface area contributed by atoms with Crippen LogP contribution in [-0.4, -0.2) is 19.7 Å². The van der Waals surface area contributed by atoms with Crippen LogP contribution in [0.15, 0.2) is 46.4 Å². The first-order valence-electron chi connectivity index (χ1n) is 7.65. The van der Waals surface area contributed by atoms with Gasteiger partial charge in [-0.1, -0.05) is 44.5 Å². The highest BCUT2D eigenvalue weighted by Gasteiger charge is 2.21. The van der Waals surface area contributed by atoms with E-state index in [0.29, 0.717) is 11.1 Å².